The average molecular weight is 439 g/mol. The van der Waals surface area contributed by atoms with Gasteiger partial charge in [-0.25, -0.2) is 4.79 Å². The van der Waals surface area contributed by atoms with Gasteiger partial charge in [0.15, 0.2) is 0 Å². The number of allylic oxidation sites excluding steroid dienone is 2. The van der Waals surface area contributed by atoms with Gasteiger partial charge < -0.3 is 32.3 Å². The van der Waals surface area contributed by atoms with Crippen LogP contribution < -0.4 is 22.1 Å². The van der Waals surface area contributed by atoms with Crippen LogP contribution in [0.25, 0.3) is 0 Å². The molecule has 0 spiro atoms. The minimum absolute atomic E-state index is 0.0255. The minimum Gasteiger partial charge on any atom is -0.481 e. The third kappa shape index (κ3) is 9.31. The summed E-state index contributed by atoms with van der Waals surface area (Å²) in [7, 11) is 0. The van der Waals surface area contributed by atoms with Crippen molar-refractivity contribution in [3.8, 4) is 0 Å². The summed E-state index contributed by atoms with van der Waals surface area (Å²) in [4.78, 5) is 47.5. The fourth-order valence-electron chi connectivity index (χ4n) is 3.07. The Kier molecular flexibility index (Phi) is 10.9. The molecule has 1 rings (SSSR count). The molecule has 0 radical (unpaired) electrons. The number of hydrogen-bond donors (Lipinski definition) is 6. The summed E-state index contributed by atoms with van der Waals surface area (Å²) in [5, 5.41) is 23.1. The summed E-state index contributed by atoms with van der Waals surface area (Å²) in [6.07, 6.45) is 8.26. The Morgan fingerprint density at radius 2 is 1.55 bits per heavy atom. The van der Waals surface area contributed by atoms with Crippen LogP contribution in [0.5, 0.6) is 0 Å². The molecule has 2 amide bonds. The molecule has 0 aromatic rings. The molecule has 31 heavy (non-hydrogen) atoms. The van der Waals surface area contributed by atoms with Crippen molar-refractivity contribution in [2.75, 3.05) is 0 Å². The van der Waals surface area contributed by atoms with Crippen LogP contribution in [0.2, 0.25) is 0 Å². The van der Waals surface area contributed by atoms with Gasteiger partial charge in [0.1, 0.15) is 12.1 Å². The van der Waals surface area contributed by atoms with Crippen LogP contribution in [-0.4, -0.2) is 58.1 Å². The Balaban J connectivity index is 2.87. The van der Waals surface area contributed by atoms with Crippen molar-refractivity contribution in [1.29, 1.82) is 0 Å². The number of aliphatic carboxylic acids is 2. The normalized spacial score (nSPS) is 21.5. The summed E-state index contributed by atoms with van der Waals surface area (Å²) >= 11 is 0. The van der Waals surface area contributed by atoms with Crippen LogP contribution in [-0.2, 0) is 19.2 Å². The summed E-state index contributed by atoms with van der Waals surface area (Å²) in [6.45, 7) is 3.72. The molecule has 10 nitrogen and oxygen atoms in total. The number of carboxylic acid groups (broad SMARTS) is 2. The first-order chi connectivity index (χ1) is 14.5. The van der Waals surface area contributed by atoms with E-state index in [1.807, 2.05) is 38.2 Å². The van der Waals surface area contributed by atoms with Crippen molar-refractivity contribution in [2.24, 2.45) is 23.3 Å². The van der Waals surface area contributed by atoms with Gasteiger partial charge in [0.2, 0.25) is 11.8 Å². The number of nitrogens with two attached hydrogens (primary N) is 2. The lowest BCUT2D eigenvalue weighted by molar-refractivity contribution is -0.143. The number of amides is 2. The molecule has 0 heterocycles. The SMILES string of the molecule is CC[C@H](C)[C@H](N)C(=O)N[C@@H](CCC1C=CC(N)C=C1)C(=O)NC(CCC(=O)O)C(=O)O. The smallest absolute Gasteiger partial charge is 0.326 e. The predicted molar refractivity (Wildman–Crippen MR) is 115 cm³/mol. The third-order valence-electron chi connectivity index (χ3n) is 5.40. The maximum absolute atomic E-state index is 12.8. The highest BCUT2D eigenvalue weighted by Crippen LogP contribution is 2.17. The van der Waals surface area contributed by atoms with Crippen molar-refractivity contribution in [3.63, 3.8) is 0 Å². The molecule has 1 aliphatic carbocycles. The average Bonchev–Trinajstić information content (AvgIpc) is 2.73. The van der Waals surface area contributed by atoms with Gasteiger partial charge in [-0.15, -0.1) is 0 Å². The first kappa shape index (κ1) is 26.3. The van der Waals surface area contributed by atoms with E-state index in [1.54, 1.807) is 0 Å². The van der Waals surface area contributed by atoms with E-state index >= 15 is 0 Å². The van der Waals surface area contributed by atoms with Gasteiger partial charge in [-0.3, -0.25) is 14.4 Å². The minimum atomic E-state index is -1.38. The number of hydrogen-bond acceptors (Lipinski definition) is 6. The monoisotopic (exact) mass is 438 g/mol. The largest absolute Gasteiger partial charge is 0.481 e. The lowest BCUT2D eigenvalue weighted by Crippen LogP contribution is -2.55. The van der Waals surface area contributed by atoms with Gasteiger partial charge >= 0.3 is 11.9 Å². The number of rotatable bonds is 13. The second-order valence-corrected chi connectivity index (χ2v) is 7.89. The van der Waals surface area contributed by atoms with Gasteiger partial charge in [-0.1, -0.05) is 44.6 Å². The molecule has 0 saturated heterocycles. The third-order valence-corrected chi connectivity index (χ3v) is 5.40. The molecule has 8 N–H and O–H groups in total. The highest BCUT2D eigenvalue weighted by molar-refractivity contribution is 5.91. The van der Waals surface area contributed by atoms with Crippen molar-refractivity contribution in [1.82, 2.24) is 10.6 Å². The zero-order chi connectivity index (χ0) is 23.6. The van der Waals surface area contributed by atoms with Gasteiger partial charge in [0.05, 0.1) is 6.04 Å². The van der Waals surface area contributed by atoms with Gasteiger partial charge in [0, 0.05) is 12.5 Å². The molecule has 0 saturated carbocycles. The highest BCUT2D eigenvalue weighted by atomic mass is 16.4. The highest BCUT2D eigenvalue weighted by Gasteiger charge is 2.29. The maximum atomic E-state index is 12.8. The molecule has 0 aromatic heterocycles. The molecule has 10 heteroatoms. The molecule has 0 aromatic carbocycles. The van der Waals surface area contributed by atoms with Crippen molar-refractivity contribution >= 4 is 23.8 Å². The summed E-state index contributed by atoms with van der Waals surface area (Å²) in [6, 6.07) is -3.35. The zero-order valence-corrected chi connectivity index (χ0v) is 18.0. The maximum Gasteiger partial charge on any atom is 0.326 e. The summed E-state index contributed by atoms with van der Waals surface area (Å²) in [5.41, 5.74) is 11.7. The van der Waals surface area contributed by atoms with Crippen molar-refractivity contribution in [2.45, 2.75) is 70.1 Å². The molecular formula is C21H34N4O6. The van der Waals surface area contributed by atoms with Crippen LogP contribution in [0.4, 0.5) is 0 Å². The predicted octanol–water partition coefficient (Wildman–Crippen LogP) is 0.129. The quantitative estimate of drug-likeness (QED) is 0.219. The Labute approximate surface area is 182 Å². The topological polar surface area (TPSA) is 185 Å². The fourth-order valence-corrected chi connectivity index (χ4v) is 3.07. The lowest BCUT2D eigenvalue weighted by Gasteiger charge is -2.25. The van der Waals surface area contributed by atoms with Crippen LogP contribution >= 0.6 is 0 Å². The van der Waals surface area contributed by atoms with E-state index in [1.165, 1.54) is 0 Å². The van der Waals surface area contributed by atoms with Crippen molar-refractivity contribution in [3.05, 3.63) is 24.3 Å². The molecule has 1 unspecified atom stereocenters. The number of nitrogens with one attached hydrogen (secondary N) is 2. The van der Waals surface area contributed by atoms with E-state index < -0.39 is 48.3 Å². The van der Waals surface area contributed by atoms with E-state index in [4.69, 9.17) is 16.6 Å². The summed E-state index contributed by atoms with van der Waals surface area (Å²) in [5.74, 6) is -3.78. The van der Waals surface area contributed by atoms with Gasteiger partial charge in [-0.05, 0) is 31.1 Å². The van der Waals surface area contributed by atoms with E-state index in [0.717, 1.165) is 0 Å². The van der Waals surface area contributed by atoms with Crippen LogP contribution in [0, 0.1) is 11.8 Å². The lowest BCUT2D eigenvalue weighted by atomic mass is 9.93. The Bertz CT molecular complexity index is 694. The first-order valence-electron chi connectivity index (χ1n) is 10.5. The number of carbonyl (C=O) groups excluding carboxylic acids is 2. The van der Waals surface area contributed by atoms with Crippen molar-refractivity contribution < 1.29 is 29.4 Å². The molecule has 0 aliphatic heterocycles. The Morgan fingerprint density at radius 1 is 0.968 bits per heavy atom. The van der Waals surface area contributed by atoms with Crippen LogP contribution in [0.3, 0.4) is 0 Å². The van der Waals surface area contributed by atoms with E-state index in [-0.39, 0.29) is 30.7 Å². The van der Waals surface area contributed by atoms with Crippen LogP contribution in [0.1, 0.15) is 46.0 Å². The van der Waals surface area contributed by atoms with E-state index in [2.05, 4.69) is 10.6 Å². The van der Waals surface area contributed by atoms with E-state index in [9.17, 15) is 24.3 Å². The van der Waals surface area contributed by atoms with Crippen LogP contribution in [0.15, 0.2) is 24.3 Å². The second kappa shape index (κ2) is 12.9. The zero-order valence-electron chi connectivity index (χ0n) is 18.0. The van der Waals surface area contributed by atoms with E-state index in [0.29, 0.717) is 12.8 Å². The molecule has 0 bridgehead atoms. The van der Waals surface area contributed by atoms with Gasteiger partial charge in [0.25, 0.3) is 0 Å². The molecule has 4 atom stereocenters. The molecular weight excluding hydrogens is 404 g/mol. The standard InChI is InChI=1S/C21H34N4O6/c1-3-12(2)18(23)20(29)24-15(9-6-13-4-7-14(22)8-5-13)19(28)25-16(21(30)31)10-11-17(26)27/h4-5,7-8,12-16,18H,3,6,9-11,22-23H2,1-2H3,(H,24,29)(H,25,28)(H,26,27)(H,30,31)/t12-,13?,14?,15-,16?,18-/m0/s1. The number of carbonyl (C=O) groups is 4. The number of carboxylic acids is 2. The fraction of sp³-hybridized carbons (Fsp3) is 0.619. The Hall–Kier alpha value is -2.72. The molecule has 1 aliphatic rings. The summed E-state index contributed by atoms with van der Waals surface area (Å²) < 4.78 is 0. The molecule has 174 valence electrons. The molecule has 0 fully saturated rings. The Morgan fingerprint density at radius 3 is 2.06 bits per heavy atom. The van der Waals surface area contributed by atoms with Gasteiger partial charge in [-0.2, -0.15) is 0 Å². The second-order valence-electron chi connectivity index (χ2n) is 7.89. The first-order valence-corrected chi connectivity index (χ1v) is 10.5.